The first-order valence-electron chi connectivity index (χ1n) is 4.99. The molecule has 2 N–H and O–H groups in total. The molecule has 0 fully saturated rings. The van der Waals surface area contributed by atoms with E-state index in [1.165, 1.54) is 6.92 Å². The van der Waals surface area contributed by atoms with Crippen LogP contribution in [0.1, 0.15) is 27.2 Å². The molecule has 1 amide bonds. The number of nitrogens with one attached hydrogen (secondary N) is 2. The van der Waals surface area contributed by atoms with E-state index in [0.29, 0.717) is 19.8 Å². The molecule has 4 heteroatoms. The standard InChI is InChI=1S/C10H22N2O2/c1-9(13)12-6-8-14-7-5-10(2,3)11-4/h11H,5-8H2,1-4H3,(H,12,13). The van der Waals surface area contributed by atoms with Gasteiger partial charge in [-0.1, -0.05) is 0 Å². The fourth-order valence-corrected chi connectivity index (χ4v) is 0.854. The van der Waals surface area contributed by atoms with E-state index >= 15 is 0 Å². The third-order valence-electron chi connectivity index (χ3n) is 2.17. The first-order chi connectivity index (χ1) is 6.48. The summed E-state index contributed by atoms with van der Waals surface area (Å²) >= 11 is 0. The van der Waals surface area contributed by atoms with Gasteiger partial charge in [0.25, 0.3) is 0 Å². The van der Waals surface area contributed by atoms with Crippen molar-refractivity contribution in [2.75, 3.05) is 26.8 Å². The molecule has 84 valence electrons. The molecule has 0 radical (unpaired) electrons. The Morgan fingerprint density at radius 2 is 2.00 bits per heavy atom. The Morgan fingerprint density at radius 3 is 2.50 bits per heavy atom. The summed E-state index contributed by atoms with van der Waals surface area (Å²) in [5.41, 5.74) is 0.119. The van der Waals surface area contributed by atoms with Crippen molar-refractivity contribution in [3.63, 3.8) is 0 Å². The van der Waals surface area contributed by atoms with E-state index in [2.05, 4.69) is 24.5 Å². The van der Waals surface area contributed by atoms with Crippen LogP contribution in [0.4, 0.5) is 0 Å². The zero-order valence-electron chi connectivity index (χ0n) is 9.64. The van der Waals surface area contributed by atoms with E-state index in [9.17, 15) is 4.79 Å². The van der Waals surface area contributed by atoms with Gasteiger partial charge in [-0.05, 0) is 27.3 Å². The summed E-state index contributed by atoms with van der Waals surface area (Å²) in [4.78, 5) is 10.5. The van der Waals surface area contributed by atoms with Crippen LogP contribution in [0.15, 0.2) is 0 Å². The zero-order valence-corrected chi connectivity index (χ0v) is 9.64. The molecule has 0 atom stereocenters. The molecule has 0 aromatic rings. The summed E-state index contributed by atoms with van der Waals surface area (Å²) in [6.07, 6.45) is 0.962. The van der Waals surface area contributed by atoms with Gasteiger partial charge >= 0.3 is 0 Å². The summed E-state index contributed by atoms with van der Waals surface area (Å²) in [7, 11) is 1.94. The maximum Gasteiger partial charge on any atom is 0.216 e. The van der Waals surface area contributed by atoms with E-state index in [0.717, 1.165) is 6.42 Å². The number of carbonyl (C=O) groups is 1. The second-order valence-electron chi connectivity index (χ2n) is 3.98. The average Bonchev–Trinajstić information content (AvgIpc) is 2.10. The van der Waals surface area contributed by atoms with Crippen molar-refractivity contribution < 1.29 is 9.53 Å². The third-order valence-corrected chi connectivity index (χ3v) is 2.17. The van der Waals surface area contributed by atoms with Gasteiger partial charge < -0.3 is 15.4 Å². The van der Waals surface area contributed by atoms with Gasteiger partial charge in [-0.3, -0.25) is 4.79 Å². The quantitative estimate of drug-likeness (QED) is 0.592. The molecule has 0 aromatic carbocycles. The minimum atomic E-state index is -0.0100. The second kappa shape index (κ2) is 6.79. The molecular formula is C10H22N2O2. The lowest BCUT2D eigenvalue weighted by Crippen LogP contribution is -2.37. The summed E-state index contributed by atoms with van der Waals surface area (Å²) in [6, 6.07) is 0. The molecule has 4 nitrogen and oxygen atoms in total. The van der Waals surface area contributed by atoms with Gasteiger partial charge in [0.1, 0.15) is 0 Å². The van der Waals surface area contributed by atoms with E-state index < -0.39 is 0 Å². The van der Waals surface area contributed by atoms with Crippen LogP contribution in [-0.2, 0) is 9.53 Å². The summed E-state index contributed by atoms with van der Waals surface area (Å²) < 4.78 is 5.37. The lowest BCUT2D eigenvalue weighted by molar-refractivity contribution is -0.119. The Labute approximate surface area is 86.4 Å². The van der Waals surface area contributed by atoms with Crippen molar-refractivity contribution in [3.05, 3.63) is 0 Å². The maximum absolute atomic E-state index is 10.5. The van der Waals surface area contributed by atoms with E-state index in [-0.39, 0.29) is 11.4 Å². The smallest absolute Gasteiger partial charge is 0.216 e. The number of carbonyl (C=O) groups excluding carboxylic acids is 1. The van der Waals surface area contributed by atoms with Crippen LogP contribution in [0.25, 0.3) is 0 Å². The largest absolute Gasteiger partial charge is 0.380 e. The Morgan fingerprint density at radius 1 is 1.36 bits per heavy atom. The van der Waals surface area contributed by atoms with Gasteiger partial charge in [0.15, 0.2) is 0 Å². The summed E-state index contributed by atoms with van der Waals surface area (Å²) in [5.74, 6) is -0.0100. The highest BCUT2D eigenvalue weighted by molar-refractivity contribution is 5.72. The molecular weight excluding hydrogens is 180 g/mol. The van der Waals surface area contributed by atoms with E-state index in [1.807, 2.05) is 7.05 Å². The average molecular weight is 202 g/mol. The SMILES string of the molecule is CNC(C)(C)CCOCCNC(C)=O. The molecule has 0 aromatic heterocycles. The van der Waals surface area contributed by atoms with Crippen molar-refractivity contribution in [1.29, 1.82) is 0 Å². The Kier molecular flexibility index (Phi) is 6.49. The molecule has 0 bridgehead atoms. The number of ether oxygens (including phenoxy) is 1. The fourth-order valence-electron chi connectivity index (χ4n) is 0.854. The van der Waals surface area contributed by atoms with Crippen molar-refractivity contribution in [1.82, 2.24) is 10.6 Å². The predicted molar refractivity (Wildman–Crippen MR) is 57.3 cm³/mol. The number of rotatable bonds is 7. The third kappa shape index (κ3) is 8.01. The van der Waals surface area contributed by atoms with Gasteiger partial charge in [-0.25, -0.2) is 0 Å². The van der Waals surface area contributed by atoms with E-state index in [1.54, 1.807) is 0 Å². The maximum atomic E-state index is 10.5. The highest BCUT2D eigenvalue weighted by atomic mass is 16.5. The molecule has 0 saturated heterocycles. The molecule has 0 saturated carbocycles. The topological polar surface area (TPSA) is 50.4 Å². The molecule has 0 aliphatic rings. The molecule has 0 spiro atoms. The molecule has 0 rings (SSSR count). The summed E-state index contributed by atoms with van der Waals surface area (Å²) in [6.45, 7) is 7.65. The van der Waals surface area contributed by atoms with Gasteiger partial charge in [0.2, 0.25) is 5.91 Å². The highest BCUT2D eigenvalue weighted by Gasteiger charge is 2.13. The normalized spacial score (nSPS) is 11.4. The van der Waals surface area contributed by atoms with Crippen LogP contribution in [0.2, 0.25) is 0 Å². The van der Waals surface area contributed by atoms with Crippen molar-refractivity contribution in [3.8, 4) is 0 Å². The van der Waals surface area contributed by atoms with Gasteiger partial charge in [-0.15, -0.1) is 0 Å². The zero-order chi connectivity index (χ0) is 11.0. The van der Waals surface area contributed by atoms with Crippen LogP contribution < -0.4 is 10.6 Å². The molecule has 0 heterocycles. The first kappa shape index (κ1) is 13.4. The van der Waals surface area contributed by atoms with Crippen molar-refractivity contribution >= 4 is 5.91 Å². The minimum Gasteiger partial charge on any atom is -0.380 e. The minimum absolute atomic E-state index is 0.0100. The number of hydrogen-bond donors (Lipinski definition) is 2. The lowest BCUT2D eigenvalue weighted by Gasteiger charge is -2.23. The lowest BCUT2D eigenvalue weighted by atomic mass is 10.0. The Bertz CT molecular complexity index is 170. The van der Waals surface area contributed by atoms with Crippen LogP contribution in [-0.4, -0.2) is 38.3 Å². The molecule has 14 heavy (non-hydrogen) atoms. The van der Waals surface area contributed by atoms with E-state index in [4.69, 9.17) is 4.74 Å². The van der Waals surface area contributed by atoms with Crippen molar-refractivity contribution in [2.45, 2.75) is 32.7 Å². The Hall–Kier alpha value is -0.610. The van der Waals surface area contributed by atoms with Crippen LogP contribution in [0, 0.1) is 0 Å². The molecule has 0 aliphatic heterocycles. The van der Waals surface area contributed by atoms with Crippen LogP contribution in [0.5, 0.6) is 0 Å². The van der Waals surface area contributed by atoms with Crippen LogP contribution in [0.3, 0.4) is 0 Å². The highest BCUT2D eigenvalue weighted by Crippen LogP contribution is 2.06. The second-order valence-corrected chi connectivity index (χ2v) is 3.98. The monoisotopic (exact) mass is 202 g/mol. The van der Waals surface area contributed by atoms with Crippen LogP contribution >= 0.6 is 0 Å². The molecule has 0 aliphatic carbocycles. The first-order valence-corrected chi connectivity index (χ1v) is 4.99. The van der Waals surface area contributed by atoms with Crippen molar-refractivity contribution in [2.24, 2.45) is 0 Å². The Balaban J connectivity index is 3.25. The number of hydrogen-bond acceptors (Lipinski definition) is 3. The van der Waals surface area contributed by atoms with Gasteiger partial charge in [0, 0.05) is 25.6 Å². The molecule has 0 unspecified atom stereocenters. The van der Waals surface area contributed by atoms with Gasteiger partial charge in [-0.2, -0.15) is 0 Å². The van der Waals surface area contributed by atoms with Gasteiger partial charge in [0.05, 0.1) is 6.61 Å². The number of amides is 1. The summed E-state index contributed by atoms with van der Waals surface area (Å²) in [5, 5.41) is 5.88. The fraction of sp³-hybridized carbons (Fsp3) is 0.900. The predicted octanol–water partition coefficient (Wildman–Crippen LogP) is 0.527.